The van der Waals surface area contributed by atoms with Gasteiger partial charge >= 0.3 is 0 Å². The van der Waals surface area contributed by atoms with Crippen LogP contribution in [0.3, 0.4) is 0 Å². The fourth-order valence-corrected chi connectivity index (χ4v) is 3.60. The number of benzene rings is 2. The predicted molar refractivity (Wildman–Crippen MR) is 141 cm³/mol. The molecule has 2 heterocycles. The van der Waals surface area contributed by atoms with Crippen molar-refractivity contribution in [1.29, 1.82) is 0 Å². The first kappa shape index (κ1) is 25.4. The van der Waals surface area contributed by atoms with Crippen molar-refractivity contribution >= 4 is 41.5 Å². The van der Waals surface area contributed by atoms with Crippen molar-refractivity contribution in [1.82, 2.24) is 15.6 Å². The highest BCUT2D eigenvalue weighted by molar-refractivity contribution is 14.0. The van der Waals surface area contributed by atoms with Crippen LogP contribution >= 0.6 is 24.0 Å². The molecule has 178 valence electrons. The molecular formula is C25H27FIN5O2. The van der Waals surface area contributed by atoms with Crippen LogP contribution < -0.4 is 20.7 Å². The zero-order valence-electron chi connectivity index (χ0n) is 18.8. The molecule has 2 aromatic carbocycles. The number of carbonyl (C=O) groups is 1. The Labute approximate surface area is 215 Å². The predicted octanol–water partition coefficient (Wildman–Crippen LogP) is 4.81. The molecule has 0 bridgehead atoms. The molecule has 9 heteroatoms. The van der Waals surface area contributed by atoms with Crippen molar-refractivity contribution in [3.8, 4) is 11.6 Å². The first-order valence-electron chi connectivity index (χ1n) is 10.9. The number of para-hydroxylation sites is 1. The monoisotopic (exact) mass is 575 g/mol. The summed E-state index contributed by atoms with van der Waals surface area (Å²) in [5.74, 6) is 1.40. The third kappa shape index (κ3) is 6.89. The number of aliphatic imine (C=N–C) groups is 1. The van der Waals surface area contributed by atoms with E-state index in [-0.39, 0.29) is 41.6 Å². The zero-order valence-corrected chi connectivity index (χ0v) is 21.1. The quantitative estimate of drug-likeness (QED) is 0.214. The minimum Gasteiger partial charge on any atom is -0.439 e. The first-order valence-corrected chi connectivity index (χ1v) is 10.9. The molecule has 0 saturated heterocycles. The van der Waals surface area contributed by atoms with Crippen molar-refractivity contribution in [3.05, 3.63) is 83.8 Å². The number of aromatic nitrogens is 1. The van der Waals surface area contributed by atoms with Crippen molar-refractivity contribution < 1.29 is 13.9 Å². The summed E-state index contributed by atoms with van der Waals surface area (Å²) in [6.45, 7) is 3.75. The summed E-state index contributed by atoms with van der Waals surface area (Å²) < 4.78 is 18.6. The molecule has 0 aliphatic carbocycles. The highest BCUT2D eigenvalue weighted by Gasteiger charge is 2.24. The van der Waals surface area contributed by atoms with Gasteiger partial charge in [0.15, 0.2) is 5.96 Å². The second kappa shape index (κ2) is 12.3. The Morgan fingerprint density at radius 3 is 2.68 bits per heavy atom. The molecule has 4 rings (SSSR count). The lowest BCUT2D eigenvalue weighted by molar-refractivity contribution is -0.116. The van der Waals surface area contributed by atoms with Crippen LogP contribution in [0.5, 0.6) is 11.6 Å². The molecule has 0 saturated carbocycles. The van der Waals surface area contributed by atoms with Crippen LogP contribution in [0, 0.1) is 5.82 Å². The van der Waals surface area contributed by atoms with Crippen LogP contribution in [0.25, 0.3) is 0 Å². The summed E-state index contributed by atoms with van der Waals surface area (Å²) in [7, 11) is 0. The molecule has 1 atom stereocenters. The molecule has 1 unspecified atom stereocenters. The van der Waals surface area contributed by atoms with Gasteiger partial charge < -0.3 is 20.7 Å². The molecule has 1 aromatic heterocycles. The number of carbonyl (C=O) groups excluding carboxylic acids is 1. The Hall–Kier alpha value is -3.21. The molecule has 7 nitrogen and oxygen atoms in total. The SMILES string of the molecule is CCNC(=NCc1ccc(Oc2ccc(F)cc2)nc1)NCC1CC(=O)Nc2ccccc21.I. The van der Waals surface area contributed by atoms with Gasteiger partial charge in [0, 0.05) is 43.4 Å². The molecule has 1 aliphatic rings. The van der Waals surface area contributed by atoms with Gasteiger partial charge in [0.2, 0.25) is 11.8 Å². The van der Waals surface area contributed by atoms with Crippen molar-refractivity contribution in [3.63, 3.8) is 0 Å². The van der Waals surface area contributed by atoms with Gasteiger partial charge in [-0.2, -0.15) is 0 Å². The van der Waals surface area contributed by atoms with Gasteiger partial charge in [-0.15, -0.1) is 24.0 Å². The van der Waals surface area contributed by atoms with Gasteiger partial charge in [0.25, 0.3) is 0 Å². The minimum absolute atomic E-state index is 0. The molecule has 0 fully saturated rings. The van der Waals surface area contributed by atoms with Crippen LogP contribution in [-0.2, 0) is 11.3 Å². The Morgan fingerprint density at radius 1 is 1.15 bits per heavy atom. The van der Waals surface area contributed by atoms with E-state index in [0.717, 1.165) is 23.4 Å². The smallest absolute Gasteiger partial charge is 0.225 e. The van der Waals surface area contributed by atoms with Crippen LogP contribution in [0.2, 0.25) is 0 Å². The van der Waals surface area contributed by atoms with Crippen LogP contribution in [0.1, 0.15) is 30.4 Å². The van der Waals surface area contributed by atoms with Gasteiger partial charge in [-0.1, -0.05) is 24.3 Å². The highest BCUT2D eigenvalue weighted by atomic mass is 127. The number of hydrogen-bond donors (Lipinski definition) is 3. The average molecular weight is 575 g/mol. The number of nitrogens with zero attached hydrogens (tertiary/aromatic N) is 2. The molecule has 3 N–H and O–H groups in total. The average Bonchev–Trinajstić information content (AvgIpc) is 2.83. The number of fused-ring (bicyclic) bond motifs is 1. The number of guanidine groups is 1. The van der Waals surface area contributed by atoms with E-state index in [1.165, 1.54) is 12.1 Å². The minimum atomic E-state index is -0.315. The number of nitrogens with one attached hydrogen (secondary N) is 3. The van der Waals surface area contributed by atoms with Gasteiger partial charge in [0.1, 0.15) is 11.6 Å². The fraction of sp³-hybridized carbons (Fsp3) is 0.240. The third-order valence-corrected chi connectivity index (χ3v) is 5.22. The Kier molecular flexibility index (Phi) is 9.20. The summed E-state index contributed by atoms with van der Waals surface area (Å²) in [5.41, 5.74) is 2.92. The van der Waals surface area contributed by atoms with E-state index in [9.17, 15) is 9.18 Å². The van der Waals surface area contributed by atoms with Crippen LogP contribution in [0.4, 0.5) is 10.1 Å². The lowest BCUT2D eigenvalue weighted by Gasteiger charge is -2.26. The molecule has 0 radical (unpaired) electrons. The van der Waals surface area contributed by atoms with E-state index in [1.807, 2.05) is 37.3 Å². The maximum absolute atomic E-state index is 13.0. The molecule has 0 spiro atoms. The lowest BCUT2D eigenvalue weighted by Crippen LogP contribution is -2.40. The summed E-state index contributed by atoms with van der Waals surface area (Å²) in [6, 6.07) is 17.3. The molecule has 1 amide bonds. The van der Waals surface area contributed by atoms with Crippen molar-refractivity contribution in [2.75, 3.05) is 18.4 Å². The number of pyridine rings is 1. The second-order valence-corrected chi connectivity index (χ2v) is 7.67. The lowest BCUT2D eigenvalue weighted by atomic mass is 9.90. The maximum atomic E-state index is 13.0. The Morgan fingerprint density at radius 2 is 1.94 bits per heavy atom. The van der Waals surface area contributed by atoms with E-state index in [2.05, 4.69) is 25.9 Å². The van der Waals surface area contributed by atoms with E-state index in [4.69, 9.17) is 4.74 Å². The number of anilines is 1. The summed E-state index contributed by atoms with van der Waals surface area (Å²) in [6.07, 6.45) is 2.14. The number of halogens is 2. The number of amides is 1. The van der Waals surface area contributed by atoms with Gasteiger partial charge in [-0.25, -0.2) is 14.4 Å². The summed E-state index contributed by atoms with van der Waals surface area (Å²) in [5, 5.41) is 9.52. The first-order chi connectivity index (χ1) is 16.1. The Bertz CT molecular complexity index is 1120. The van der Waals surface area contributed by atoms with Crippen molar-refractivity contribution in [2.24, 2.45) is 4.99 Å². The Balaban J connectivity index is 0.00000324. The van der Waals surface area contributed by atoms with Crippen LogP contribution in [0.15, 0.2) is 71.9 Å². The van der Waals surface area contributed by atoms with Gasteiger partial charge in [-0.05, 0) is 48.4 Å². The van der Waals surface area contributed by atoms with E-state index < -0.39 is 0 Å². The number of rotatable bonds is 7. The molecule has 34 heavy (non-hydrogen) atoms. The summed E-state index contributed by atoms with van der Waals surface area (Å²) >= 11 is 0. The zero-order chi connectivity index (χ0) is 23.0. The number of ether oxygens (including phenoxy) is 1. The largest absolute Gasteiger partial charge is 0.439 e. The normalized spacial score (nSPS) is 14.9. The van der Waals surface area contributed by atoms with E-state index in [0.29, 0.717) is 37.1 Å². The molecular weight excluding hydrogens is 548 g/mol. The second-order valence-electron chi connectivity index (χ2n) is 7.67. The van der Waals surface area contributed by atoms with E-state index in [1.54, 1.807) is 24.4 Å². The molecule has 3 aromatic rings. The van der Waals surface area contributed by atoms with Crippen molar-refractivity contribution in [2.45, 2.75) is 25.8 Å². The van der Waals surface area contributed by atoms with Crippen LogP contribution in [-0.4, -0.2) is 29.9 Å². The summed E-state index contributed by atoms with van der Waals surface area (Å²) in [4.78, 5) is 21.0. The third-order valence-electron chi connectivity index (χ3n) is 5.22. The standard InChI is InChI=1S/C25H26FN5O2.HI/c1-2-27-25(30-16-18-13-23(32)31-22-6-4-3-5-21(18)22)29-15-17-7-12-24(28-14-17)33-20-10-8-19(26)9-11-20;/h3-12,14,18H,2,13,15-16H2,1H3,(H,31,32)(H2,27,29,30);1H. The topological polar surface area (TPSA) is 87.6 Å². The molecule has 1 aliphatic heterocycles. The fourth-order valence-electron chi connectivity index (χ4n) is 3.60. The van der Waals surface area contributed by atoms with Gasteiger partial charge in [-0.3, -0.25) is 4.79 Å². The van der Waals surface area contributed by atoms with Gasteiger partial charge in [0.05, 0.1) is 6.54 Å². The number of hydrogen-bond acceptors (Lipinski definition) is 4. The van der Waals surface area contributed by atoms with E-state index >= 15 is 0 Å². The maximum Gasteiger partial charge on any atom is 0.225 e. The highest BCUT2D eigenvalue weighted by Crippen LogP contribution is 2.31.